The van der Waals surface area contributed by atoms with Crippen LogP contribution < -0.4 is 15.8 Å². The van der Waals surface area contributed by atoms with Crippen molar-refractivity contribution in [2.24, 2.45) is 5.73 Å². The number of piperidine rings is 1. The quantitative estimate of drug-likeness (QED) is 0.363. The minimum atomic E-state index is -0.537. The summed E-state index contributed by atoms with van der Waals surface area (Å²) in [5, 5.41) is 3.12. The Kier molecular flexibility index (Phi) is 7.27. The second kappa shape index (κ2) is 10.7. The number of likely N-dealkylation sites (tertiary alicyclic amines) is 1. The molecule has 1 heterocycles. The Morgan fingerprint density at radius 3 is 2.38 bits per heavy atom. The van der Waals surface area contributed by atoms with Gasteiger partial charge in [0.1, 0.15) is 11.4 Å². The molecule has 3 aromatic carbocycles. The first-order chi connectivity index (χ1) is 19.0. The predicted octanol–water partition coefficient (Wildman–Crippen LogP) is 5.16. The average molecular weight is 542 g/mol. The van der Waals surface area contributed by atoms with Crippen molar-refractivity contribution in [2.75, 3.05) is 20.2 Å². The highest BCUT2D eigenvalue weighted by atomic mass is 16.6. The summed E-state index contributed by atoms with van der Waals surface area (Å²) in [5.41, 5.74) is 11.9. The van der Waals surface area contributed by atoms with Gasteiger partial charge in [0.25, 0.3) is 5.91 Å². The van der Waals surface area contributed by atoms with Gasteiger partial charge in [0.2, 0.25) is 5.91 Å². The van der Waals surface area contributed by atoms with E-state index in [1.54, 1.807) is 12.0 Å². The molecule has 0 saturated carbocycles. The number of carbonyl (C=O) groups excluding carboxylic acids is 3. The van der Waals surface area contributed by atoms with E-state index in [1.165, 1.54) is 0 Å². The van der Waals surface area contributed by atoms with Crippen molar-refractivity contribution in [2.45, 2.75) is 51.7 Å². The van der Waals surface area contributed by atoms with Crippen LogP contribution in [0, 0.1) is 0 Å². The Morgan fingerprint density at radius 2 is 1.70 bits per heavy atom. The smallest absolute Gasteiger partial charge is 0.410 e. The van der Waals surface area contributed by atoms with Crippen LogP contribution in [0.1, 0.15) is 65.5 Å². The van der Waals surface area contributed by atoms with Gasteiger partial charge in [-0.1, -0.05) is 18.2 Å². The maximum Gasteiger partial charge on any atom is 0.410 e. The molecule has 208 valence electrons. The molecule has 2 aliphatic rings. The van der Waals surface area contributed by atoms with Crippen molar-refractivity contribution in [3.63, 3.8) is 0 Å². The average Bonchev–Trinajstić information content (AvgIpc) is 3.29. The topological polar surface area (TPSA) is 111 Å². The van der Waals surface area contributed by atoms with Crippen LogP contribution in [0.25, 0.3) is 22.3 Å². The zero-order valence-electron chi connectivity index (χ0n) is 23.4. The number of nitrogens with two attached hydrogens (primary N) is 1. The summed E-state index contributed by atoms with van der Waals surface area (Å²) in [6.07, 6.45) is 1.53. The van der Waals surface area contributed by atoms with Gasteiger partial charge < -0.3 is 25.4 Å². The maximum atomic E-state index is 13.2. The fourth-order valence-electron chi connectivity index (χ4n) is 5.43. The number of hydrogen-bond donors (Lipinski definition) is 2. The molecule has 0 radical (unpaired) electrons. The highest BCUT2D eigenvalue weighted by molar-refractivity contribution is 6.01. The summed E-state index contributed by atoms with van der Waals surface area (Å²) >= 11 is 0. The van der Waals surface area contributed by atoms with Crippen molar-refractivity contribution >= 4 is 17.9 Å². The number of ether oxygens (including phenoxy) is 2. The van der Waals surface area contributed by atoms with Crippen LogP contribution in [-0.2, 0) is 11.2 Å². The molecule has 8 nitrogen and oxygen atoms in total. The molecule has 0 aromatic heterocycles. The van der Waals surface area contributed by atoms with Gasteiger partial charge in [-0.2, -0.15) is 0 Å². The van der Waals surface area contributed by atoms with E-state index in [4.69, 9.17) is 15.2 Å². The van der Waals surface area contributed by atoms with Crippen molar-refractivity contribution < 1.29 is 23.9 Å². The minimum Gasteiger partial charge on any atom is -0.497 e. The fraction of sp³-hybridized carbons (Fsp3) is 0.344. The Hall–Kier alpha value is -4.33. The molecule has 5 rings (SSSR count). The molecule has 0 spiro atoms. The lowest BCUT2D eigenvalue weighted by Gasteiger charge is -2.33. The monoisotopic (exact) mass is 541 g/mol. The molecule has 1 saturated heterocycles. The molecule has 3 aromatic rings. The summed E-state index contributed by atoms with van der Waals surface area (Å²) in [7, 11) is 1.62. The van der Waals surface area contributed by atoms with Crippen LogP contribution in [0.2, 0.25) is 0 Å². The van der Waals surface area contributed by atoms with Crippen molar-refractivity contribution in [3.05, 3.63) is 76.9 Å². The number of nitrogens with one attached hydrogen (secondary N) is 1. The molecule has 0 atom stereocenters. The van der Waals surface area contributed by atoms with Crippen LogP contribution in [-0.4, -0.2) is 54.6 Å². The molecule has 0 unspecified atom stereocenters. The third kappa shape index (κ3) is 5.66. The second-order valence-electron chi connectivity index (χ2n) is 11.4. The van der Waals surface area contributed by atoms with Crippen molar-refractivity contribution in [3.8, 4) is 28.0 Å². The molecular formula is C32H35N3O5. The summed E-state index contributed by atoms with van der Waals surface area (Å²) in [4.78, 5) is 39.6. The zero-order valence-corrected chi connectivity index (χ0v) is 23.4. The van der Waals surface area contributed by atoms with E-state index >= 15 is 0 Å². The first-order valence-corrected chi connectivity index (χ1v) is 13.6. The summed E-state index contributed by atoms with van der Waals surface area (Å²) < 4.78 is 10.8. The Labute approximate surface area is 234 Å². The van der Waals surface area contributed by atoms with Gasteiger partial charge in [0.15, 0.2) is 0 Å². The number of primary amides is 1. The zero-order chi connectivity index (χ0) is 28.6. The standard InChI is InChI=1S/C32H35N3O5/c1-32(2,3)40-31(38)35-12-10-23(11-13-35)34-30(37)20-8-9-25-22(14-20)18-27-26(25)16-21(17-28(27)29(33)36)19-6-5-7-24(15-19)39-4/h5-9,14-17,23H,10-13,18H2,1-4H3,(H2,33,36)(H,34,37). The molecule has 1 aliphatic carbocycles. The van der Waals surface area contributed by atoms with E-state index in [0.29, 0.717) is 43.5 Å². The maximum absolute atomic E-state index is 13.2. The first-order valence-electron chi connectivity index (χ1n) is 13.6. The molecule has 0 bridgehead atoms. The number of benzene rings is 3. The van der Waals surface area contributed by atoms with E-state index in [1.807, 2.05) is 69.3 Å². The Morgan fingerprint density at radius 1 is 0.950 bits per heavy atom. The van der Waals surface area contributed by atoms with Gasteiger partial charge in [0.05, 0.1) is 7.11 Å². The largest absolute Gasteiger partial charge is 0.497 e. The SMILES string of the molecule is COc1cccc(-c2cc(C(N)=O)c3c(c2)-c2ccc(C(=O)NC4CCN(C(=O)OC(C)(C)C)CC4)cc2C3)c1. The predicted molar refractivity (Wildman–Crippen MR) is 153 cm³/mol. The van der Waals surface area contributed by atoms with Gasteiger partial charge in [-0.05, 0) is 110 Å². The Bertz CT molecular complexity index is 1480. The van der Waals surface area contributed by atoms with E-state index in [9.17, 15) is 14.4 Å². The Balaban J connectivity index is 1.32. The van der Waals surface area contributed by atoms with Gasteiger partial charge in [-0.25, -0.2) is 4.79 Å². The lowest BCUT2D eigenvalue weighted by Crippen LogP contribution is -2.47. The summed E-state index contributed by atoms with van der Waals surface area (Å²) in [5.74, 6) is 0.0938. The van der Waals surface area contributed by atoms with E-state index < -0.39 is 11.5 Å². The van der Waals surface area contributed by atoms with Crippen LogP contribution in [0.5, 0.6) is 5.75 Å². The number of fused-ring (bicyclic) bond motifs is 3. The molecule has 1 fully saturated rings. The van der Waals surface area contributed by atoms with Crippen molar-refractivity contribution in [1.29, 1.82) is 0 Å². The lowest BCUT2D eigenvalue weighted by atomic mass is 9.94. The van der Waals surface area contributed by atoms with Gasteiger partial charge in [-0.3, -0.25) is 9.59 Å². The number of amides is 3. The first kappa shape index (κ1) is 27.2. The number of nitrogens with zero attached hydrogens (tertiary/aromatic N) is 1. The highest BCUT2D eigenvalue weighted by Crippen LogP contribution is 2.41. The summed E-state index contributed by atoms with van der Waals surface area (Å²) in [6, 6.07) is 17.2. The minimum absolute atomic E-state index is 0.0245. The molecular weight excluding hydrogens is 506 g/mol. The number of rotatable bonds is 5. The van der Waals surface area contributed by atoms with E-state index in [2.05, 4.69) is 11.4 Å². The fourth-order valence-corrected chi connectivity index (χ4v) is 5.43. The van der Waals surface area contributed by atoms with Crippen LogP contribution >= 0.6 is 0 Å². The van der Waals surface area contributed by atoms with Gasteiger partial charge >= 0.3 is 6.09 Å². The molecule has 1 aliphatic heterocycles. The summed E-state index contributed by atoms with van der Waals surface area (Å²) in [6.45, 7) is 6.61. The number of hydrogen-bond acceptors (Lipinski definition) is 5. The normalized spacial score (nSPS) is 14.8. The van der Waals surface area contributed by atoms with Crippen LogP contribution in [0.4, 0.5) is 4.79 Å². The van der Waals surface area contributed by atoms with Crippen molar-refractivity contribution in [1.82, 2.24) is 10.2 Å². The van der Waals surface area contributed by atoms with Gasteiger partial charge in [-0.15, -0.1) is 0 Å². The second-order valence-corrected chi connectivity index (χ2v) is 11.4. The van der Waals surface area contributed by atoms with E-state index in [-0.39, 0.29) is 18.0 Å². The van der Waals surface area contributed by atoms with E-state index in [0.717, 1.165) is 39.1 Å². The third-order valence-corrected chi connectivity index (χ3v) is 7.43. The van der Waals surface area contributed by atoms with Crippen LogP contribution in [0.15, 0.2) is 54.6 Å². The number of carbonyl (C=O) groups is 3. The van der Waals surface area contributed by atoms with Gasteiger partial charge in [0, 0.05) is 30.3 Å². The van der Waals surface area contributed by atoms with Crippen LogP contribution in [0.3, 0.4) is 0 Å². The molecule has 8 heteroatoms. The number of methoxy groups -OCH3 is 1. The highest BCUT2D eigenvalue weighted by Gasteiger charge is 2.29. The lowest BCUT2D eigenvalue weighted by molar-refractivity contribution is 0.0199. The molecule has 40 heavy (non-hydrogen) atoms. The third-order valence-electron chi connectivity index (χ3n) is 7.43. The molecule has 3 N–H and O–H groups in total. The molecule has 3 amide bonds.